The Bertz CT molecular complexity index is 470. The summed E-state index contributed by atoms with van der Waals surface area (Å²) in [6.07, 6.45) is 2.97. The van der Waals surface area contributed by atoms with Crippen molar-refractivity contribution >= 4 is 0 Å². The molecule has 0 saturated heterocycles. The number of nitrogens with zero attached hydrogens (tertiary/aromatic N) is 1. The number of hydrogen-bond donors (Lipinski definition) is 1. The van der Waals surface area contributed by atoms with Gasteiger partial charge < -0.3 is 9.84 Å². The molecule has 1 unspecified atom stereocenters. The number of aliphatic hydroxyl groups excluding tert-OH is 1. The Morgan fingerprint density at radius 1 is 1.32 bits per heavy atom. The van der Waals surface area contributed by atoms with E-state index in [1.165, 1.54) is 0 Å². The second kappa shape index (κ2) is 5.63. The van der Waals surface area contributed by atoms with Crippen molar-refractivity contribution in [2.75, 3.05) is 0 Å². The minimum Gasteiger partial charge on any atom is -0.491 e. The zero-order chi connectivity index (χ0) is 13.9. The fourth-order valence-corrected chi connectivity index (χ4v) is 2.80. The summed E-state index contributed by atoms with van der Waals surface area (Å²) in [5, 5.41) is 20.0. The van der Waals surface area contributed by atoms with Crippen LogP contribution in [-0.2, 0) is 0 Å². The molecule has 0 heterocycles. The highest BCUT2D eigenvalue weighted by Gasteiger charge is 2.41. The van der Waals surface area contributed by atoms with Crippen molar-refractivity contribution < 1.29 is 9.84 Å². The first kappa shape index (κ1) is 13.9. The van der Waals surface area contributed by atoms with Gasteiger partial charge in [-0.25, -0.2) is 0 Å². The van der Waals surface area contributed by atoms with Gasteiger partial charge in [0.1, 0.15) is 5.75 Å². The van der Waals surface area contributed by atoms with E-state index < -0.39 is 11.5 Å². The van der Waals surface area contributed by atoms with E-state index >= 15 is 0 Å². The van der Waals surface area contributed by atoms with Crippen LogP contribution in [0.5, 0.6) is 5.75 Å². The monoisotopic (exact) mass is 259 g/mol. The first-order valence-electron chi connectivity index (χ1n) is 6.93. The van der Waals surface area contributed by atoms with E-state index in [9.17, 15) is 10.4 Å². The van der Waals surface area contributed by atoms with Crippen LogP contribution in [0.1, 0.15) is 51.2 Å². The van der Waals surface area contributed by atoms with Gasteiger partial charge in [-0.2, -0.15) is 5.26 Å². The second-order valence-corrected chi connectivity index (χ2v) is 5.62. The molecule has 102 valence electrons. The number of nitriles is 1. The van der Waals surface area contributed by atoms with Gasteiger partial charge in [0.25, 0.3) is 0 Å². The van der Waals surface area contributed by atoms with Gasteiger partial charge in [-0.1, -0.05) is 25.0 Å². The van der Waals surface area contributed by atoms with E-state index in [1.807, 2.05) is 38.1 Å². The molecule has 1 fully saturated rings. The van der Waals surface area contributed by atoms with Crippen LogP contribution in [0.25, 0.3) is 0 Å². The molecule has 0 aromatic heterocycles. The lowest BCUT2D eigenvalue weighted by Gasteiger charge is -2.27. The van der Waals surface area contributed by atoms with E-state index in [1.54, 1.807) is 0 Å². The van der Waals surface area contributed by atoms with E-state index in [0.717, 1.165) is 37.0 Å². The maximum absolute atomic E-state index is 10.6. The fraction of sp³-hybridized carbons (Fsp3) is 0.562. The van der Waals surface area contributed by atoms with E-state index in [-0.39, 0.29) is 6.10 Å². The van der Waals surface area contributed by atoms with E-state index in [0.29, 0.717) is 0 Å². The molecule has 3 heteroatoms. The van der Waals surface area contributed by atoms with Gasteiger partial charge in [0.15, 0.2) is 0 Å². The molecule has 0 bridgehead atoms. The van der Waals surface area contributed by atoms with Crippen LogP contribution in [0.15, 0.2) is 24.3 Å². The molecule has 1 aromatic carbocycles. The van der Waals surface area contributed by atoms with E-state index in [4.69, 9.17) is 4.74 Å². The maximum Gasteiger partial charge on any atom is 0.120 e. The van der Waals surface area contributed by atoms with Crippen LogP contribution in [0.2, 0.25) is 0 Å². The predicted octanol–water partition coefficient (Wildman–Crippen LogP) is 3.59. The van der Waals surface area contributed by atoms with Gasteiger partial charge in [0.05, 0.1) is 23.7 Å². The Morgan fingerprint density at radius 3 is 2.58 bits per heavy atom. The highest BCUT2D eigenvalue weighted by atomic mass is 16.5. The average molecular weight is 259 g/mol. The van der Waals surface area contributed by atoms with Gasteiger partial charge in [-0.3, -0.25) is 0 Å². The van der Waals surface area contributed by atoms with Crippen molar-refractivity contribution in [2.45, 2.75) is 51.7 Å². The average Bonchev–Trinajstić information content (AvgIpc) is 2.87. The van der Waals surface area contributed by atoms with Crippen LogP contribution in [0, 0.1) is 16.7 Å². The second-order valence-electron chi connectivity index (χ2n) is 5.62. The van der Waals surface area contributed by atoms with Gasteiger partial charge >= 0.3 is 0 Å². The molecule has 1 N–H and O–H groups in total. The topological polar surface area (TPSA) is 53.2 Å². The van der Waals surface area contributed by atoms with Crippen molar-refractivity contribution in [1.29, 1.82) is 5.26 Å². The predicted molar refractivity (Wildman–Crippen MR) is 73.7 cm³/mol. The lowest BCUT2D eigenvalue weighted by molar-refractivity contribution is 0.0667. The molecular formula is C16H21NO2. The molecule has 1 aliphatic rings. The maximum atomic E-state index is 10.6. The highest BCUT2D eigenvalue weighted by molar-refractivity contribution is 5.32. The minimum absolute atomic E-state index is 0.101. The normalized spacial score (nSPS) is 19.1. The molecule has 19 heavy (non-hydrogen) atoms. The Labute approximate surface area is 114 Å². The lowest BCUT2D eigenvalue weighted by atomic mass is 9.79. The molecule has 1 atom stereocenters. The summed E-state index contributed by atoms with van der Waals surface area (Å²) in [4.78, 5) is 0. The molecular weight excluding hydrogens is 238 g/mol. The number of ether oxygens (including phenoxy) is 1. The zero-order valence-corrected chi connectivity index (χ0v) is 11.6. The summed E-state index contributed by atoms with van der Waals surface area (Å²) in [5.74, 6) is 0.748. The highest BCUT2D eigenvalue weighted by Crippen LogP contribution is 2.47. The van der Waals surface area contributed by atoms with Crippen molar-refractivity contribution in [3.05, 3.63) is 29.8 Å². The molecule has 0 amide bonds. The Hall–Kier alpha value is -1.53. The number of benzene rings is 1. The lowest BCUT2D eigenvalue weighted by Crippen LogP contribution is -2.24. The largest absolute Gasteiger partial charge is 0.491 e. The molecule has 1 aromatic rings. The van der Waals surface area contributed by atoms with Crippen LogP contribution >= 0.6 is 0 Å². The molecule has 3 nitrogen and oxygen atoms in total. The Kier molecular flexibility index (Phi) is 4.11. The quantitative estimate of drug-likeness (QED) is 0.899. The smallest absolute Gasteiger partial charge is 0.120 e. The molecule has 0 aliphatic heterocycles. The van der Waals surface area contributed by atoms with Crippen LogP contribution in [0.4, 0.5) is 0 Å². The molecule has 0 spiro atoms. The Morgan fingerprint density at radius 2 is 2.00 bits per heavy atom. The summed E-state index contributed by atoms with van der Waals surface area (Å²) in [7, 11) is 0. The van der Waals surface area contributed by atoms with Gasteiger partial charge in [0, 0.05) is 0 Å². The molecule has 2 rings (SSSR count). The molecule has 1 saturated carbocycles. The molecule has 1 aliphatic carbocycles. The Balaban J connectivity index is 2.23. The minimum atomic E-state index is -0.726. The fourth-order valence-electron chi connectivity index (χ4n) is 2.80. The van der Waals surface area contributed by atoms with Gasteiger partial charge in [-0.05, 0) is 44.4 Å². The van der Waals surface area contributed by atoms with Crippen LogP contribution in [0.3, 0.4) is 0 Å². The van der Waals surface area contributed by atoms with E-state index in [2.05, 4.69) is 6.07 Å². The van der Waals surface area contributed by atoms with Gasteiger partial charge in [-0.15, -0.1) is 0 Å². The summed E-state index contributed by atoms with van der Waals surface area (Å²) in [6, 6.07) is 9.81. The van der Waals surface area contributed by atoms with Crippen molar-refractivity contribution in [3.63, 3.8) is 0 Å². The standard InChI is InChI=1S/C16H21NO2/c1-12(2)19-14-7-5-6-13(10-14)15(18)16(11-17)8-3-4-9-16/h5-7,10,12,15,18H,3-4,8-9H2,1-2H3. The first-order chi connectivity index (χ1) is 9.07. The van der Waals surface area contributed by atoms with Crippen molar-refractivity contribution in [2.24, 2.45) is 5.41 Å². The number of hydrogen-bond acceptors (Lipinski definition) is 3. The third kappa shape index (κ3) is 2.90. The van der Waals surface area contributed by atoms with Crippen molar-refractivity contribution in [3.8, 4) is 11.8 Å². The zero-order valence-electron chi connectivity index (χ0n) is 11.6. The van der Waals surface area contributed by atoms with Crippen LogP contribution in [-0.4, -0.2) is 11.2 Å². The van der Waals surface area contributed by atoms with Crippen LogP contribution < -0.4 is 4.74 Å². The number of rotatable bonds is 4. The molecule has 0 radical (unpaired) electrons. The van der Waals surface area contributed by atoms with Gasteiger partial charge in [0.2, 0.25) is 0 Å². The third-order valence-corrected chi connectivity index (χ3v) is 3.79. The first-order valence-corrected chi connectivity index (χ1v) is 6.93. The third-order valence-electron chi connectivity index (χ3n) is 3.79. The summed E-state index contributed by atoms with van der Waals surface area (Å²) in [5.41, 5.74) is 0.165. The number of aliphatic hydroxyl groups is 1. The SMILES string of the molecule is CC(C)Oc1cccc(C(O)C2(C#N)CCCC2)c1. The summed E-state index contributed by atoms with van der Waals surface area (Å²) >= 11 is 0. The van der Waals surface area contributed by atoms with Crippen molar-refractivity contribution in [1.82, 2.24) is 0 Å². The summed E-state index contributed by atoms with van der Waals surface area (Å²) in [6.45, 7) is 3.94. The summed E-state index contributed by atoms with van der Waals surface area (Å²) < 4.78 is 5.64.